The summed E-state index contributed by atoms with van der Waals surface area (Å²) < 4.78 is 28.4. The van der Waals surface area contributed by atoms with E-state index in [-0.39, 0.29) is 12.8 Å². The zero-order chi connectivity index (χ0) is 20.7. The lowest BCUT2D eigenvalue weighted by Crippen LogP contribution is -2.52. The molecule has 1 N–H and O–H groups in total. The molecule has 0 aliphatic rings. The van der Waals surface area contributed by atoms with E-state index in [1.807, 2.05) is 0 Å². The van der Waals surface area contributed by atoms with Gasteiger partial charge in [0, 0.05) is 0 Å². The van der Waals surface area contributed by atoms with Crippen LogP contribution in [0, 0.1) is 0 Å². The number of esters is 1. The zero-order valence-corrected chi connectivity index (χ0v) is 16.5. The molecular weight excluding hydrogens is 349 g/mol. The summed E-state index contributed by atoms with van der Waals surface area (Å²) in [6, 6.07) is -1.45. The molecule has 9 heteroatoms. The molecule has 0 saturated heterocycles. The Labute approximate surface area is 153 Å². The van der Waals surface area contributed by atoms with Crippen LogP contribution in [0.5, 0.6) is 0 Å². The van der Waals surface area contributed by atoms with Crippen molar-refractivity contribution in [1.29, 1.82) is 0 Å². The molecule has 0 radical (unpaired) electrons. The fourth-order valence-electron chi connectivity index (χ4n) is 1.87. The summed E-state index contributed by atoms with van der Waals surface area (Å²) in [5.74, 6) is -0.924. The summed E-state index contributed by atoms with van der Waals surface area (Å²) in [5.41, 5.74) is -1.88. The van der Waals surface area contributed by atoms with E-state index in [0.29, 0.717) is 4.90 Å². The van der Waals surface area contributed by atoms with E-state index in [0.717, 1.165) is 7.11 Å². The smallest absolute Gasteiger partial charge is 0.420 e. The van der Waals surface area contributed by atoms with Gasteiger partial charge >= 0.3 is 18.2 Å². The number of aliphatic hydroxyl groups excluding tert-OH is 1. The van der Waals surface area contributed by atoms with E-state index >= 15 is 0 Å². The van der Waals surface area contributed by atoms with Crippen LogP contribution < -0.4 is 0 Å². The van der Waals surface area contributed by atoms with Crippen molar-refractivity contribution in [2.45, 2.75) is 77.8 Å². The number of carbonyl (C=O) groups excluding carboxylic acids is 3. The number of imide groups is 1. The number of halogens is 1. The number of rotatable bonds is 6. The van der Waals surface area contributed by atoms with Gasteiger partial charge in [0.05, 0.1) is 13.7 Å². The molecular formula is C17H30FNO7. The first-order valence-electron chi connectivity index (χ1n) is 8.29. The van der Waals surface area contributed by atoms with Crippen LogP contribution in [0.4, 0.5) is 14.0 Å². The number of aliphatic hydroxyl groups is 1. The molecule has 2 amide bonds. The maximum absolute atomic E-state index is 13.4. The predicted molar refractivity (Wildman–Crippen MR) is 91.3 cm³/mol. The topological polar surface area (TPSA) is 102 Å². The van der Waals surface area contributed by atoms with Crippen molar-refractivity contribution in [2.24, 2.45) is 0 Å². The summed E-state index contributed by atoms with van der Waals surface area (Å²) >= 11 is 0. The monoisotopic (exact) mass is 379 g/mol. The number of ether oxygens (including phenoxy) is 3. The minimum absolute atomic E-state index is 0.257. The average molecular weight is 379 g/mol. The molecule has 0 aliphatic heterocycles. The van der Waals surface area contributed by atoms with Crippen molar-refractivity contribution < 1.29 is 38.1 Å². The Kier molecular flexibility index (Phi) is 8.99. The number of carbonyl (C=O) groups is 3. The molecule has 2 atom stereocenters. The van der Waals surface area contributed by atoms with Gasteiger partial charge < -0.3 is 19.3 Å². The minimum atomic E-state index is -1.61. The highest BCUT2D eigenvalue weighted by molar-refractivity contribution is 5.94. The van der Waals surface area contributed by atoms with E-state index in [1.165, 1.54) is 0 Å². The summed E-state index contributed by atoms with van der Waals surface area (Å²) in [5, 5.41) is 8.82. The first kappa shape index (κ1) is 24.1. The normalized spacial score (nSPS) is 14.2. The molecule has 0 rings (SSSR count). The highest BCUT2D eigenvalue weighted by Crippen LogP contribution is 2.20. The number of amides is 2. The average Bonchev–Trinajstić information content (AvgIpc) is 2.46. The van der Waals surface area contributed by atoms with Crippen LogP contribution in [0.3, 0.4) is 0 Å². The van der Waals surface area contributed by atoms with Crippen LogP contribution in [-0.2, 0) is 19.0 Å². The van der Waals surface area contributed by atoms with Crippen LogP contribution in [0.1, 0.15) is 54.4 Å². The second kappa shape index (κ2) is 9.70. The molecule has 8 nitrogen and oxygen atoms in total. The Morgan fingerprint density at radius 3 is 1.69 bits per heavy atom. The molecule has 152 valence electrons. The molecule has 26 heavy (non-hydrogen) atoms. The molecule has 0 aromatic carbocycles. The molecule has 0 saturated carbocycles. The maximum atomic E-state index is 13.4. The summed E-state index contributed by atoms with van der Waals surface area (Å²) in [7, 11) is 1.08. The molecule has 0 heterocycles. The zero-order valence-electron chi connectivity index (χ0n) is 16.5. The summed E-state index contributed by atoms with van der Waals surface area (Å²) in [6.45, 7) is 8.81. The van der Waals surface area contributed by atoms with E-state index in [1.54, 1.807) is 41.5 Å². The van der Waals surface area contributed by atoms with Gasteiger partial charge in [0.15, 0.2) is 0 Å². The van der Waals surface area contributed by atoms with E-state index in [4.69, 9.17) is 14.6 Å². The van der Waals surface area contributed by atoms with Crippen LogP contribution in [-0.4, -0.2) is 65.3 Å². The van der Waals surface area contributed by atoms with E-state index < -0.39 is 48.2 Å². The third-order valence-corrected chi connectivity index (χ3v) is 2.92. The lowest BCUT2D eigenvalue weighted by Gasteiger charge is -2.32. The Bertz CT molecular complexity index is 468. The van der Waals surface area contributed by atoms with Gasteiger partial charge in [-0.15, -0.1) is 0 Å². The summed E-state index contributed by atoms with van der Waals surface area (Å²) in [4.78, 5) is 37.7. The lowest BCUT2D eigenvalue weighted by atomic mass is 10.1. The molecule has 0 aliphatic carbocycles. The Hall–Kier alpha value is -1.90. The molecule has 0 aromatic heterocycles. The lowest BCUT2D eigenvalue weighted by molar-refractivity contribution is -0.147. The largest absolute Gasteiger partial charge is 0.467 e. The Balaban J connectivity index is 5.73. The molecule has 0 fully saturated rings. The second-order valence-corrected chi connectivity index (χ2v) is 7.73. The molecule has 0 aromatic rings. The van der Waals surface area contributed by atoms with Crippen molar-refractivity contribution in [3.8, 4) is 0 Å². The molecule has 0 spiro atoms. The fraction of sp³-hybridized carbons (Fsp3) is 0.824. The third kappa shape index (κ3) is 8.98. The van der Waals surface area contributed by atoms with Gasteiger partial charge in [0.2, 0.25) is 0 Å². The Morgan fingerprint density at radius 2 is 1.38 bits per heavy atom. The highest BCUT2D eigenvalue weighted by Gasteiger charge is 2.41. The SMILES string of the molecule is COC(=O)[C@H](CC[C@H](F)CO)N(C(=O)OC(C)(C)C)C(=O)OC(C)(C)C. The number of hydrogen-bond acceptors (Lipinski definition) is 7. The standard InChI is InChI=1S/C17H30FNO7/c1-16(2,3)25-14(22)19(15(23)26-17(4,5)6)12(13(21)24-7)9-8-11(18)10-20/h11-12,20H,8-10H2,1-7H3/t11-,12-/m0/s1. The van der Waals surface area contributed by atoms with Crippen molar-refractivity contribution in [3.63, 3.8) is 0 Å². The highest BCUT2D eigenvalue weighted by atomic mass is 19.1. The number of hydrogen-bond donors (Lipinski definition) is 1. The first-order chi connectivity index (χ1) is 11.7. The summed E-state index contributed by atoms with van der Waals surface area (Å²) in [6.07, 6.45) is -4.35. The Morgan fingerprint density at radius 1 is 0.962 bits per heavy atom. The van der Waals surface area contributed by atoms with Crippen molar-refractivity contribution >= 4 is 18.2 Å². The van der Waals surface area contributed by atoms with E-state index in [2.05, 4.69) is 4.74 Å². The molecule has 0 unspecified atom stereocenters. The minimum Gasteiger partial charge on any atom is -0.467 e. The second-order valence-electron chi connectivity index (χ2n) is 7.73. The van der Waals surface area contributed by atoms with Gasteiger partial charge in [-0.25, -0.2) is 18.8 Å². The number of nitrogens with zero attached hydrogens (tertiary/aromatic N) is 1. The van der Waals surface area contributed by atoms with Gasteiger partial charge in [-0.2, -0.15) is 4.90 Å². The van der Waals surface area contributed by atoms with Crippen LogP contribution in [0.2, 0.25) is 0 Å². The van der Waals surface area contributed by atoms with Gasteiger partial charge in [-0.05, 0) is 54.4 Å². The van der Waals surface area contributed by atoms with E-state index in [9.17, 15) is 18.8 Å². The van der Waals surface area contributed by atoms with Crippen LogP contribution in [0.15, 0.2) is 0 Å². The van der Waals surface area contributed by atoms with Crippen LogP contribution >= 0.6 is 0 Å². The predicted octanol–water partition coefficient (Wildman–Crippen LogP) is 2.81. The quantitative estimate of drug-likeness (QED) is 0.559. The van der Waals surface area contributed by atoms with Gasteiger partial charge in [0.1, 0.15) is 23.4 Å². The fourth-order valence-corrected chi connectivity index (χ4v) is 1.87. The number of methoxy groups -OCH3 is 1. The maximum Gasteiger partial charge on any atom is 0.420 e. The van der Waals surface area contributed by atoms with Crippen molar-refractivity contribution in [1.82, 2.24) is 4.90 Å². The van der Waals surface area contributed by atoms with Crippen LogP contribution in [0.25, 0.3) is 0 Å². The first-order valence-corrected chi connectivity index (χ1v) is 8.29. The number of alkyl halides is 1. The van der Waals surface area contributed by atoms with Gasteiger partial charge in [0.25, 0.3) is 0 Å². The molecule has 0 bridgehead atoms. The third-order valence-electron chi connectivity index (χ3n) is 2.92. The van der Waals surface area contributed by atoms with Gasteiger partial charge in [-0.3, -0.25) is 0 Å². The van der Waals surface area contributed by atoms with Gasteiger partial charge in [-0.1, -0.05) is 0 Å². The van der Waals surface area contributed by atoms with Crippen molar-refractivity contribution in [3.05, 3.63) is 0 Å². The van der Waals surface area contributed by atoms with Crippen molar-refractivity contribution in [2.75, 3.05) is 13.7 Å².